The molecular weight excluding hydrogens is 296 g/mol. The van der Waals surface area contributed by atoms with Crippen LogP contribution in [0.1, 0.15) is 12.6 Å². The van der Waals surface area contributed by atoms with Crippen molar-refractivity contribution in [2.24, 2.45) is 0 Å². The molecule has 0 aliphatic carbocycles. The van der Waals surface area contributed by atoms with Gasteiger partial charge < -0.3 is 0 Å². The first-order chi connectivity index (χ1) is 11.9. The van der Waals surface area contributed by atoms with Crippen molar-refractivity contribution in [1.29, 1.82) is 0 Å². The van der Waals surface area contributed by atoms with E-state index in [1.807, 2.05) is 59.5 Å². The van der Waals surface area contributed by atoms with Crippen LogP contribution in [-0.4, -0.2) is 19.3 Å². The number of nitrogens with zero attached hydrogens (tertiary/aromatic N) is 4. The Balaban J connectivity index is 1.93. The fraction of sp³-hybridized carbons (Fsp3) is 0.100. The second-order valence-electron chi connectivity index (χ2n) is 5.58. The molecule has 0 unspecified atom stereocenters. The minimum atomic E-state index is 0.908. The van der Waals surface area contributed by atoms with Crippen molar-refractivity contribution < 1.29 is 0 Å². The maximum atomic E-state index is 4.68. The van der Waals surface area contributed by atoms with Crippen LogP contribution in [0.2, 0.25) is 0 Å². The highest BCUT2D eigenvalue weighted by molar-refractivity contribution is 5.61. The van der Waals surface area contributed by atoms with Gasteiger partial charge in [0.2, 0.25) is 0 Å². The number of hydrogen-bond acceptors (Lipinski definition) is 2. The average molecular weight is 314 g/mol. The highest BCUT2D eigenvalue weighted by Crippen LogP contribution is 2.25. The molecule has 0 aliphatic heterocycles. The summed E-state index contributed by atoms with van der Waals surface area (Å²) in [5.74, 6) is 1.84. The summed E-state index contributed by atoms with van der Waals surface area (Å²) < 4.78 is 4.03. The van der Waals surface area contributed by atoms with Crippen LogP contribution in [0.5, 0.6) is 0 Å². The predicted octanol–water partition coefficient (Wildman–Crippen LogP) is 4.29. The van der Waals surface area contributed by atoms with E-state index in [-0.39, 0.29) is 0 Å². The standard InChI is InChI=1S/C20H18N4/c1-2-17-13-14-23(22-17)19-15-21-20(16-9-5-3-6-10-16)24(19)18-11-7-4-8-12-18/h3-15H,2H2,1H3. The molecule has 0 spiro atoms. The van der Waals surface area contributed by atoms with Gasteiger partial charge in [0.15, 0.2) is 5.82 Å². The number of aryl methyl sites for hydroxylation is 1. The minimum Gasteiger partial charge on any atom is -0.277 e. The summed E-state index contributed by atoms with van der Waals surface area (Å²) in [6.07, 6.45) is 4.78. The first-order valence-corrected chi connectivity index (χ1v) is 8.10. The van der Waals surface area contributed by atoms with Crippen molar-refractivity contribution in [3.05, 3.63) is 84.8 Å². The van der Waals surface area contributed by atoms with Crippen LogP contribution in [0.4, 0.5) is 0 Å². The van der Waals surface area contributed by atoms with Crippen LogP contribution >= 0.6 is 0 Å². The van der Waals surface area contributed by atoms with Crippen molar-refractivity contribution in [2.75, 3.05) is 0 Å². The largest absolute Gasteiger partial charge is 0.277 e. The molecule has 0 amide bonds. The summed E-state index contributed by atoms with van der Waals surface area (Å²) >= 11 is 0. The molecule has 2 aromatic carbocycles. The lowest BCUT2D eigenvalue weighted by molar-refractivity contribution is 0.795. The molecule has 4 aromatic rings. The summed E-state index contributed by atoms with van der Waals surface area (Å²) in [6.45, 7) is 2.11. The van der Waals surface area contributed by atoms with Gasteiger partial charge in [-0.25, -0.2) is 9.67 Å². The molecule has 0 radical (unpaired) electrons. The third-order valence-corrected chi connectivity index (χ3v) is 4.03. The van der Waals surface area contributed by atoms with Crippen LogP contribution < -0.4 is 0 Å². The Bertz CT molecular complexity index is 936. The quantitative estimate of drug-likeness (QED) is 0.563. The number of aromatic nitrogens is 4. The molecule has 0 saturated heterocycles. The van der Waals surface area contributed by atoms with Gasteiger partial charge in [-0.1, -0.05) is 55.5 Å². The van der Waals surface area contributed by atoms with Gasteiger partial charge in [0.05, 0.1) is 11.9 Å². The fourth-order valence-electron chi connectivity index (χ4n) is 2.80. The smallest absolute Gasteiger partial charge is 0.158 e. The molecule has 0 aliphatic rings. The first kappa shape index (κ1) is 14.5. The van der Waals surface area contributed by atoms with E-state index in [0.717, 1.165) is 35.0 Å². The summed E-state index contributed by atoms with van der Waals surface area (Å²) in [5, 5.41) is 4.65. The van der Waals surface area contributed by atoms with E-state index in [0.29, 0.717) is 0 Å². The second kappa shape index (κ2) is 6.16. The molecule has 4 rings (SSSR count). The van der Waals surface area contributed by atoms with E-state index < -0.39 is 0 Å². The van der Waals surface area contributed by atoms with Gasteiger partial charge in [-0.15, -0.1) is 0 Å². The average Bonchev–Trinajstić information content (AvgIpc) is 3.30. The van der Waals surface area contributed by atoms with Gasteiger partial charge in [0.25, 0.3) is 0 Å². The Labute approximate surface area is 141 Å². The molecular formula is C20H18N4. The Morgan fingerprint density at radius 1 is 0.875 bits per heavy atom. The van der Waals surface area contributed by atoms with Crippen molar-refractivity contribution >= 4 is 0 Å². The topological polar surface area (TPSA) is 35.6 Å². The molecule has 0 bridgehead atoms. The summed E-state index contributed by atoms with van der Waals surface area (Å²) in [6, 6.07) is 22.5. The van der Waals surface area contributed by atoms with E-state index in [4.69, 9.17) is 0 Å². The monoisotopic (exact) mass is 314 g/mol. The first-order valence-electron chi connectivity index (χ1n) is 8.10. The number of imidazole rings is 1. The van der Waals surface area contributed by atoms with Crippen LogP contribution in [0, 0.1) is 0 Å². The Kier molecular flexibility index (Phi) is 3.71. The Morgan fingerprint density at radius 3 is 2.25 bits per heavy atom. The normalized spacial score (nSPS) is 10.9. The molecule has 24 heavy (non-hydrogen) atoms. The van der Waals surface area contributed by atoms with Crippen molar-refractivity contribution in [1.82, 2.24) is 19.3 Å². The third-order valence-electron chi connectivity index (χ3n) is 4.03. The zero-order valence-electron chi connectivity index (χ0n) is 13.5. The third kappa shape index (κ3) is 2.52. The number of para-hydroxylation sites is 1. The zero-order valence-corrected chi connectivity index (χ0v) is 13.5. The second-order valence-corrected chi connectivity index (χ2v) is 5.58. The van der Waals surface area contributed by atoms with Crippen LogP contribution in [-0.2, 0) is 6.42 Å². The summed E-state index contributed by atoms with van der Waals surface area (Å²) in [5.41, 5.74) is 3.21. The summed E-state index contributed by atoms with van der Waals surface area (Å²) in [4.78, 5) is 4.68. The van der Waals surface area contributed by atoms with Crippen molar-refractivity contribution in [2.45, 2.75) is 13.3 Å². The number of hydrogen-bond donors (Lipinski definition) is 0. The fourth-order valence-corrected chi connectivity index (χ4v) is 2.80. The van der Waals surface area contributed by atoms with E-state index >= 15 is 0 Å². The molecule has 4 nitrogen and oxygen atoms in total. The Hall–Kier alpha value is -3.14. The minimum absolute atomic E-state index is 0.908. The maximum absolute atomic E-state index is 4.68. The predicted molar refractivity (Wildman–Crippen MR) is 95.5 cm³/mol. The van der Waals surface area contributed by atoms with Gasteiger partial charge in [0.1, 0.15) is 5.82 Å². The van der Waals surface area contributed by atoms with Crippen LogP contribution in [0.25, 0.3) is 22.9 Å². The molecule has 0 atom stereocenters. The Morgan fingerprint density at radius 2 is 1.58 bits per heavy atom. The van der Waals surface area contributed by atoms with E-state index in [2.05, 4.69) is 45.8 Å². The molecule has 0 saturated carbocycles. The molecule has 2 aromatic heterocycles. The number of rotatable bonds is 4. The zero-order chi connectivity index (χ0) is 16.4. The van der Waals surface area contributed by atoms with E-state index in [1.54, 1.807) is 0 Å². The van der Waals surface area contributed by atoms with E-state index in [1.165, 1.54) is 0 Å². The molecule has 0 N–H and O–H groups in total. The van der Waals surface area contributed by atoms with Gasteiger partial charge in [0, 0.05) is 17.4 Å². The lowest BCUT2D eigenvalue weighted by atomic mass is 10.2. The highest BCUT2D eigenvalue weighted by atomic mass is 15.3. The van der Waals surface area contributed by atoms with Gasteiger partial charge >= 0.3 is 0 Å². The lowest BCUT2D eigenvalue weighted by Gasteiger charge is -2.12. The lowest BCUT2D eigenvalue weighted by Crippen LogP contribution is -2.06. The molecule has 0 fully saturated rings. The van der Waals surface area contributed by atoms with Gasteiger partial charge in [-0.3, -0.25) is 4.57 Å². The van der Waals surface area contributed by atoms with Gasteiger partial charge in [-0.05, 0) is 24.6 Å². The van der Waals surface area contributed by atoms with Crippen LogP contribution in [0.3, 0.4) is 0 Å². The summed E-state index contributed by atoms with van der Waals surface area (Å²) in [7, 11) is 0. The van der Waals surface area contributed by atoms with Gasteiger partial charge in [-0.2, -0.15) is 5.10 Å². The molecule has 4 heteroatoms. The van der Waals surface area contributed by atoms with Crippen LogP contribution in [0.15, 0.2) is 79.1 Å². The molecule has 118 valence electrons. The van der Waals surface area contributed by atoms with E-state index in [9.17, 15) is 0 Å². The van der Waals surface area contributed by atoms with Crippen molar-refractivity contribution in [3.8, 4) is 22.9 Å². The number of benzene rings is 2. The highest BCUT2D eigenvalue weighted by Gasteiger charge is 2.15. The van der Waals surface area contributed by atoms with Crippen molar-refractivity contribution in [3.63, 3.8) is 0 Å². The molecule has 2 heterocycles. The SMILES string of the molecule is CCc1ccn(-c2cnc(-c3ccccc3)n2-c2ccccc2)n1. The maximum Gasteiger partial charge on any atom is 0.158 e.